The van der Waals surface area contributed by atoms with E-state index in [1.54, 1.807) is 0 Å². The fourth-order valence-electron chi connectivity index (χ4n) is 2.80. The van der Waals surface area contributed by atoms with Gasteiger partial charge in [-0.3, -0.25) is 0 Å². The van der Waals surface area contributed by atoms with Gasteiger partial charge < -0.3 is 10.2 Å². The van der Waals surface area contributed by atoms with E-state index >= 15 is 0 Å². The molecule has 0 heterocycles. The largest absolute Gasteiger partial charge is 0.396 e. The second kappa shape index (κ2) is 3.95. The minimum Gasteiger partial charge on any atom is -0.396 e. The highest BCUT2D eigenvalue weighted by Crippen LogP contribution is 2.45. The molecule has 1 aromatic rings. The summed E-state index contributed by atoms with van der Waals surface area (Å²) in [5, 5.41) is 18.6. The molecule has 0 fully saturated rings. The Kier molecular flexibility index (Phi) is 2.81. The predicted molar refractivity (Wildman–Crippen MR) is 59.8 cm³/mol. The van der Waals surface area contributed by atoms with Gasteiger partial charge in [0.05, 0.1) is 0 Å². The van der Waals surface area contributed by atoms with E-state index in [1.165, 1.54) is 11.1 Å². The van der Waals surface area contributed by atoms with Gasteiger partial charge >= 0.3 is 0 Å². The fourth-order valence-corrected chi connectivity index (χ4v) is 2.80. The summed E-state index contributed by atoms with van der Waals surface area (Å²) in [6, 6.07) is 8.33. The van der Waals surface area contributed by atoms with E-state index in [9.17, 15) is 5.11 Å². The predicted octanol–water partition coefficient (Wildman–Crippen LogP) is 1.49. The summed E-state index contributed by atoms with van der Waals surface area (Å²) < 4.78 is 0. The zero-order valence-electron chi connectivity index (χ0n) is 9.11. The summed E-state index contributed by atoms with van der Waals surface area (Å²) in [6.07, 6.45) is 1.67. The molecule has 0 unspecified atom stereocenters. The molecule has 0 bridgehead atoms. The quantitative estimate of drug-likeness (QED) is 0.786. The van der Waals surface area contributed by atoms with E-state index in [0.29, 0.717) is 0 Å². The Labute approximate surface area is 90.6 Å². The van der Waals surface area contributed by atoms with Crippen molar-refractivity contribution in [1.82, 2.24) is 0 Å². The van der Waals surface area contributed by atoms with Crippen molar-refractivity contribution in [2.75, 3.05) is 13.2 Å². The van der Waals surface area contributed by atoms with E-state index in [0.717, 1.165) is 12.8 Å². The molecule has 0 amide bonds. The number of hydrogen-bond acceptors (Lipinski definition) is 2. The molecular weight excluding hydrogens is 188 g/mol. The lowest BCUT2D eigenvalue weighted by Gasteiger charge is -2.31. The number of fused-ring (bicyclic) bond motifs is 1. The lowest BCUT2D eigenvalue weighted by atomic mass is 9.74. The number of hydrogen-bond donors (Lipinski definition) is 2. The number of aliphatic hydroxyl groups is 2. The van der Waals surface area contributed by atoms with Crippen molar-refractivity contribution in [3.63, 3.8) is 0 Å². The summed E-state index contributed by atoms with van der Waals surface area (Å²) >= 11 is 0. The van der Waals surface area contributed by atoms with E-state index < -0.39 is 0 Å². The summed E-state index contributed by atoms with van der Waals surface area (Å²) in [5.41, 5.74) is 2.57. The molecule has 0 spiro atoms. The van der Waals surface area contributed by atoms with Crippen molar-refractivity contribution >= 4 is 0 Å². The van der Waals surface area contributed by atoms with Crippen LogP contribution in [0.15, 0.2) is 24.3 Å². The van der Waals surface area contributed by atoms with E-state index in [2.05, 4.69) is 19.1 Å². The smallest absolute Gasteiger partial charge is 0.0470 e. The zero-order valence-corrected chi connectivity index (χ0v) is 9.11. The molecule has 82 valence electrons. The molecule has 0 radical (unpaired) electrons. The number of aliphatic hydroxyl groups excluding tert-OH is 2. The maximum atomic E-state index is 9.42. The van der Waals surface area contributed by atoms with Crippen LogP contribution >= 0.6 is 0 Å². The molecule has 0 aromatic heterocycles. The highest BCUT2D eigenvalue weighted by Gasteiger charge is 2.41. The molecule has 0 saturated carbocycles. The van der Waals surface area contributed by atoms with E-state index in [-0.39, 0.29) is 24.5 Å². The Morgan fingerprint density at radius 1 is 1.33 bits per heavy atom. The minimum atomic E-state index is -0.0555. The third kappa shape index (κ3) is 1.58. The van der Waals surface area contributed by atoms with Gasteiger partial charge in [-0.05, 0) is 29.9 Å². The van der Waals surface area contributed by atoms with Crippen LogP contribution in [0.3, 0.4) is 0 Å². The average Bonchev–Trinajstić information content (AvgIpc) is 2.53. The molecule has 1 aliphatic carbocycles. The fraction of sp³-hybridized carbons (Fsp3) is 0.538. The molecule has 2 nitrogen and oxygen atoms in total. The molecule has 15 heavy (non-hydrogen) atoms. The molecule has 2 N–H and O–H groups in total. The second-order valence-electron chi connectivity index (χ2n) is 4.63. The van der Waals surface area contributed by atoms with Crippen molar-refractivity contribution < 1.29 is 10.2 Å². The van der Waals surface area contributed by atoms with Crippen LogP contribution < -0.4 is 0 Å². The van der Waals surface area contributed by atoms with Crippen molar-refractivity contribution in [2.45, 2.75) is 25.2 Å². The molecule has 2 rings (SSSR count). The Morgan fingerprint density at radius 3 is 2.73 bits per heavy atom. The van der Waals surface area contributed by atoms with Gasteiger partial charge in [0, 0.05) is 18.6 Å². The summed E-state index contributed by atoms with van der Waals surface area (Å²) in [6.45, 7) is 2.53. The normalized spacial score (nSPS) is 29.1. The van der Waals surface area contributed by atoms with Gasteiger partial charge in [0.1, 0.15) is 0 Å². The topological polar surface area (TPSA) is 40.5 Å². The first-order valence-electron chi connectivity index (χ1n) is 5.52. The van der Waals surface area contributed by atoms with Gasteiger partial charge in [-0.25, -0.2) is 0 Å². The van der Waals surface area contributed by atoms with Crippen LogP contribution in [0.1, 0.15) is 24.5 Å². The molecule has 0 saturated heterocycles. The number of benzene rings is 1. The van der Waals surface area contributed by atoms with Crippen LogP contribution in [0, 0.1) is 5.92 Å². The van der Waals surface area contributed by atoms with Crippen LogP contribution in [0.2, 0.25) is 0 Å². The van der Waals surface area contributed by atoms with E-state index in [1.807, 2.05) is 12.1 Å². The molecular formula is C13H18O2. The van der Waals surface area contributed by atoms with Crippen LogP contribution in [0.5, 0.6) is 0 Å². The lowest BCUT2D eigenvalue weighted by Crippen LogP contribution is -2.31. The third-order valence-electron chi connectivity index (χ3n) is 3.85. The van der Waals surface area contributed by atoms with Gasteiger partial charge in [0.2, 0.25) is 0 Å². The molecule has 1 aliphatic rings. The van der Waals surface area contributed by atoms with E-state index in [4.69, 9.17) is 5.11 Å². The van der Waals surface area contributed by atoms with Gasteiger partial charge in [-0.15, -0.1) is 0 Å². The van der Waals surface area contributed by atoms with Crippen LogP contribution in [0.25, 0.3) is 0 Å². The molecule has 1 aromatic carbocycles. The average molecular weight is 206 g/mol. The maximum absolute atomic E-state index is 9.42. The van der Waals surface area contributed by atoms with Crippen LogP contribution in [-0.4, -0.2) is 23.4 Å². The first kappa shape index (κ1) is 10.7. The van der Waals surface area contributed by atoms with Crippen molar-refractivity contribution in [2.24, 2.45) is 5.92 Å². The second-order valence-corrected chi connectivity index (χ2v) is 4.63. The summed E-state index contributed by atoms with van der Waals surface area (Å²) in [5.74, 6) is 0.252. The van der Waals surface area contributed by atoms with Crippen molar-refractivity contribution in [1.29, 1.82) is 0 Å². The van der Waals surface area contributed by atoms with Gasteiger partial charge in [0.25, 0.3) is 0 Å². The first-order chi connectivity index (χ1) is 7.22. The third-order valence-corrected chi connectivity index (χ3v) is 3.85. The maximum Gasteiger partial charge on any atom is 0.0470 e. The highest BCUT2D eigenvalue weighted by molar-refractivity contribution is 5.40. The Balaban J connectivity index is 2.41. The standard InChI is InChI=1S/C13H18O2/c1-13(6-7-14)11(9-15)8-10-4-2-3-5-12(10)13/h2-5,11,14-15H,6-9H2,1H3/t11-,13-/m0/s1. The van der Waals surface area contributed by atoms with Gasteiger partial charge in [0.15, 0.2) is 0 Å². The van der Waals surface area contributed by atoms with Gasteiger partial charge in [-0.2, -0.15) is 0 Å². The highest BCUT2D eigenvalue weighted by atomic mass is 16.3. The first-order valence-corrected chi connectivity index (χ1v) is 5.52. The minimum absolute atomic E-state index is 0.0555. The molecule has 0 aliphatic heterocycles. The zero-order chi connectivity index (χ0) is 10.9. The summed E-state index contributed by atoms with van der Waals surface area (Å²) in [4.78, 5) is 0. The van der Waals surface area contributed by atoms with Crippen LogP contribution in [-0.2, 0) is 11.8 Å². The monoisotopic (exact) mass is 206 g/mol. The Morgan fingerprint density at radius 2 is 2.07 bits per heavy atom. The molecule has 2 heteroatoms. The van der Waals surface area contributed by atoms with Crippen molar-refractivity contribution in [3.8, 4) is 0 Å². The van der Waals surface area contributed by atoms with Crippen LogP contribution in [0.4, 0.5) is 0 Å². The Hall–Kier alpha value is -0.860. The SMILES string of the molecule is C[C@@]1(CCO)c2ccccc2C[C@H]1CO. The summed E-state index contributed by atoms with van der Waals surface area (Å²) in [7, 11) is 0. The van der Waals surface area contributed by atoms with Gasteiger partial charge in [-0.1, -0.05) is 31.2 Å². The Bertz CT molecular complexity index is 348. The number of rotatable bonds is 3. The van der Waals surface area contributed by atoms with Crippen molar-refractivity contribution in [3.05, 3.63) is 35.4 Å². The molecule has 2 atom stereocenters. The lowest BCUT2D eigenvalue weighted by molar-refractivity contribution is 0.143.